The van der Waals surface area contributed by atoms with Crippen molar-refractivity contribution in [1.82, 2.24) is 9.80 Å². The summed E-state index contributed by atoms with van der Waals surface area (Å²) < 4.78 is 5.67. The van der Waals surface area contributed by atoms with Gasteiger partial charge in [0.05, 0.1) is 0 Å². The SMILES string of the molecule is CCOC1CSC12N(C)C(=O)C(C)(C)C(=O)N2C. The number of nitrogens with zero attached hydrogens (tertiary/aromatic N) is 2. The van der Waals surface area contributed by atoms with Gasteiger partial charge < -0.3 is 14.5 Å². The van der Waals surface area contributed by atoms with E-state index in [4.69, 9.17) is 4.74 Å². The molecular formula is C12H20N2O3S. The fraction of sp³-hybridized carbons (Fsp3) is 0.833. The number of hydrogen-bond acceptors (Lipinski definition) is 4. The lowest BCUT2D eigenvalue weighted by Gasteiger charge is -2.61. The summed E-state index contributed by atoms with van der Waals surface area (Å²) in [6.07, 6.45) is -0.105. The number of amides is 2. The van der Waals surface area contributed by atoms with Crippen molar-refractivity contribution in [3.8, 4) is 0 Å². The molecule has 1 atom stereocenters. The van der Waals surface area contributed by atoms with E-state index in [0.717, 1.165) is 5.75 Å². The van der Waals surface area contributed by atoms with Gasteiger partial charge in [0.15, 0.2) is 4.99 Å². The van der Waals surface area contributed by atoms with E-state index < -0.39 is 10.4 Å². The minimum absolute atomic E-state index is 0.105. The molecule has 5 nitrogen and oxygen atoms in total. The molecule has 0 aromatic heterocycles. The van der Waals surface area contributed by atoms with Gasteiger partial charge in [-0.1, -0.05) is 0 Å². The molecule has 0 bridgehead atoms. The van der Waals surface area contributed by atoms with Gasteiger partial charge in [-0.3, -0.25) is 9.59 Å². The number of likely N-dealkylation sites (N-methyl/N-ethyl adjacent to an activating group) is 2. The molecule has 2 saturated heterocycles. The van der Waals surface area contributed by atoms with Crippen LogP contribution in [0.2, 0.25) is 0 Å². The molecule has 102 valence electrons. The molecule has 18 heavy (non-hydrogen) atoms. The van der Waals surface area contributed by atoms with Crippen LogP contribution in [0, 0.1) is 5.41 Å². The fourth-order valence-corrected chi connectivity index (χ4v) is 4.05. The topological polar surface area (TPSA) is 49.9 Å². The van der Waals surface area contributed by atoms with E-state index in [1.165, 1.54) is 0 Å². The van der Waals surface area contributed by atoms with Crippen LogP contribution in [0.3, 0.4) is 0 Å². The van der Waals surface area contributed by atoms with Crippen LogP contribution in [0.25, 0.3) is 0 Å². The lowest BCUT2D eigenvalue weighted by atomic mass is 9.86. The Kier molecular flexibility index (Phi) is 3.14. The van der Waals surface area contributed by atoms with E-state index in [2.05, 4.69) is 0 Å². The monoisotopic (exact) mass is 272 g/mol. The maximum atomic E-state index is 12.4. The van der Waals surface area contributed by atoms with E-state index >= 15 is 0 Å². The van der Waals surface area contributed by atoms with Gasteiger partial charge >= 0.3 is 0 Å². The van der Waals surface area contributed by atoms with E-state index in [1.54, 1.807) is 49.5 Å². The normalized spacial score (nSPS) is 29.7. The van der Waals surface area contributed by atoms with Crippen LogP contribution in [0.5, 0.6) is 0 Å². The fourth-order valence-electron chi connectivity index (χ4n) is 2.73. The highest BCUT2D eigenvalue weighted by Crippen LogP contribution is 2.51. The van der Waals surface area contributed by atoms with Crippen molar-refractivity contribution < 1.29 is 14.3 Å². The third-order valence-electron chi connectivity index (χ3n) is 3.87. The molecule has 0 aromatic rings. The number of hydrogen-bond donors (Lipinski definition) is 0. The third kappa shape index (κ3) is 1.45. The summed E-state index contributed by atoms with van der Waals surface area (Å²) in [6, 6.07) is 0. The molecule has 2 fully saturated rings. The van der Waals surface area contributed by atoms with Crippen molar-refractivity contribution in [1.29, 1.82) is 0 Å². The second-order valence-corrected chi connectivity index (χ2v) is 6.49. The smallest absolute Gasteiger partial charge is 0.240 e. The maximum Gasteiger partial charge on any atom is 0.240 e. The van der Waals surface area contributed by atoms with Gasteiger partial charge in [0.2, 0.25) is 11.8 Å². The van der Waals surface area contributed by atoms with Crippen molar-refractivity contribution in [3.63, 3.8) is 0 Å². The zero-order valence-electron chi connectivity index (χ0n) is 11.5. The highest BCUT2D eigenvalue weighted by atomic mass is 32.2. The van der Waals surface area contributed by atoms with E-state index in [9.17, 15) is 9.59 Å². The zero-order chi connectivity index (χ0) is 13.7. The second kappa shape index (κ2) is 4.13. The Balaban J connectivity index is 2.38. The number of thioether (sulfide) groups is 1. The first-order valence-corrected chi connectivity index (χ1v) is 7.10. The Bertz CT molecular complexity index is 373. The van der Waals surface area contributed by atoms with E-state index in [-0.39, 0.29) is 17.9 Å². The summed E-state index contributed by atoms with van der Waals surface area (Å²) in [5.74, 6) is 0.536. The van der Waals surface area contributed by atoms with Crippen LogP contribution in [0.1, 0.15) is 20.8 Å². The minimum atomic E-state index is -0.984. The first-order chi connectivity index (χ1) is 8.30. The molecular weight excluding hydrogens is 252 g/mol. The van der Waals surface area contributed by atoms with Crippen LogP contribution in [0.15, 0.2) is 0 Å². The number of carbonyl (C=O) groups excluding carboxylic acids is 2. The van der Waals surface area contributed by atoms with Gasteiger partial charge in [-0.25, -0.2) is 0 Å². The quantitative estimate of drug-likeness (QED) is 0.696. The predicted octanol–water partition coefficient (Wildman–Crippen LogP) is 0.749. The van der Waals surface area contributed by atoms with Crippen molar-refractivity contribution >= 4 is 23.6 Å². The van der Waals surface area contributed by atoms with Crippen molar-refractivity contribution in [2.45, 2.75) is 31.9 Å². The summed E-state index contributed by atoms with van der Waals surface area (Å²) in [4.78, 5) is 27.4. The number of carbonyl (C=O) groups is 2. The average molecular weight is 272 g/mol. The molecule has 2 amide bonds. The first kappa shape index (κ1) is 13.7. The minimum Gasteiger partial charge on any atom is -0.372 e. The second-order valence-electron chi connectivity index (χ2n) is 5.27. The Morgan fingerprint density at radius 2 is 1.78 bits per heavy atom. The van der Waals surface area contributed by atoms with Gasteiger partial charge in [-0.15, -0.1) is 11.8 Å². The molecule has 0 radical (unpaired) electrons. The molecule has 0 N–H and O–H groups in total. The Hall–Kier alpha value is -0.750. The molecule has 2 rings (SSSR count). The van der Waals surface area contributed by atoms with Crippen molar-refractivity contribution in [2.24, 2.45) is 5.41 Å². The lowest BCUT2D eigenvalue weighted by molar-refractivity contribution is -0.185. The molecule has 0 aromatic carbocycles. The van der Waals surface area contributed by atoms with Crippen LogP contribution in [-0.4, -0.2) is 59.2 Å². The summed E-state index contributed by atoms with van der Waals surface area (Å²) in [7, 11) is 3.51. The molecule has 1 spiro atoms. The van der Waals surface area contributed by atoms with Gasteiger partial charge in [0, 0.05) is 26.5 Å². The molecule has 2 aliphatic rings. The molecule has 1 unspecified atom stereocenters. The van der Waals surface area contributed by atoms with Crippen LogP contribution in [0.4, 0.5) is 0 Å². The lowest BCUT2D eigenvalue weighted by Crippen LogP contribution is -2.78. The van der Waals surface area contributed by atoms with Crippen molar-refractivity contribution in [3.05, 3.63) is 0 Å². The largest absolute Gasteiger partial charge is 0.372 e. The van der Waals surface area contributed by atoms with Crippen LogP contribution in [-0.2, 0) is 14.3 Å². The van der Waals surface area contributed by atoms with Crippen molar-refractivity contribution in [2.75, 3.05) is 26.5 Å². The van der Waals surface area contributed by atoms with E-state index in [0.29, 0.717) is 6.61 Å². The molecule has 6 heteroatoms. The summed E-state index contributed by atoms with van der Waals surface area (Å²) in [6.45, 7) is 5.86. The van der Waals surface area contributed by atoms with Gasteiger partial charge in [-0.2, -0.15) is 0 Å². The summed E-state index contributed by atoms with van der Waals surface area (Å²) in [5.41, 5.74) is -0.984. The first-order valence-electron chi connectivity index (χ1n) is 6.12. The highest BCUT2D eigenvalue weighted by Gasteiger charge is 2.64. The molecule has 0 aliphatic carbocycles. The molecule has 2 aliphatic heterocycles. The predicted molar refractivity (Wildman–Crippen MR) is 69.9 cm³/mol. The van der Waals surface area contributed by atoms with E-state index in [1.807, 2.05) is 6.92 Å². The Morgan fingerprint density at radius 1 is 1.28 bits per heavy atom. The molecule has 0 saturated carbocycles. The average Bonchev–Trinajstić information content (AvgIpc) is 2.31. The zero-order valence-corrected chi connectivity index (χ0v) is 12.3. The summed E-state index contributed by atoms with van der Waals surface area (Å²) >= 11 is 1.59. The van der Waals surface area contributed by atoms with Crippen LogP contribution >= 0.6 is 11.8 Å². The van der Waals surface area contributed by atoms with Gasteiger partial charge in [0.1, 0.15) is 11.5 Å². The Labute approximate surface area is 112 Å². The third-order valence-corrected chi connectivity index (χ3v) is 5.58. The summed E-state index contributed by atoms with van der Waals surface area (Å²) in [5, 5.41) is 0. The maximum absolute atomic E-state index is 12.4. The number of rotatable bonds is 2. The van der Waals surface area contributed by atoms with Gasteiger partial charge in [0.25, 0.3) is 0 Å². The standard InChI is InChI=1S/C12H20N2O3S/c1-6-17-8-7-18-12(8)13(4)9(15)11(2,3)10(16)14(12)5/h8H,6-7H2,1-5H3. The highest BCUT2D eigenvalue weighted by molar-refractivity contribution is 8.02. The van der Waals surface area contributed by atoms with Gasteiger partial charge in [-0.05, 0) is 20.8 Å². The Morgan fingerprint density at radius 3 is 2.11 bits per heavy atom. The number of ether oxygens (including phenoxy) is 1. The van der Waals surface area contributed by atoms with Crippen LogP contribution < -0.4 is 0 Å². The molecule has 2 heterocycles.